The number of amides is 4. The highest BCUT2D eigenvalue weighted by atomic mass is 16.7. The van der Waals surface area contributed by atoms with Crippen LogP contribution in [0.25, 0.3) is 0 Å². The number of esters is 2. The average molecular weight is 819 g/mol. The Hall–Kier alpha value is -4.89. The average Bonchev–Trinajstić information content (AvgIpc) is 3.39. The smallest absolute Gasteiger partial charge is 0.410 e. The van der Waals surface area contributed by atoms with Crippen LogP contribution in [-0.4, -0.2) is 150 Å². The minimum absolute atomic E-state index is 0.0149. The summed E-state index contributed by atoms with van der Waals surface area (Å²) in [4.78, 5) is 75.2. The van der Waals surface area contributed by atoms with Crippen molar-refractivity contribution < 1.29 is 43.3 Å². The minimum atomic E-state index is -1.04. The number of piperazine rings is 1. The number of carbonyl (C=O) groups excluding carboxylic acids is 5. The molecule has 4 amide bonds. The summed E-state index contributed by atoms with van der Waals surface area (Å²) in [6.07, 6.45) is 2.69. The summed E-state index contributed by atoms with van der Waals surface area (Å²) >= 11 is 0. The van der Waals surface area contributed by atoms with Crippen LogP contribution in [0.5, 0.6) is 5.75 Å². The van der Waals surface area contributed by atoms with Crippen molar-refractivity contribution in [3.8, 4) is 5.75 Å². The van der Waals surface area contributed by atoms with Crippen LogP contribution in [0.4, 0.5) is 15.3 Å². The molecule has 0 radical (unpaired) electrons. The Morgan fingerprint density at radius 1 is 0.831 bits per heavy atom. The normalized spacial score (nSPS) is 19.3. The Morgan fingerprint density at radius 2 is 1.47 bits per heavy atom. The van der Waals surface area contributed by atoms with Gasteiger partial charge in [0.05, 0.1) is 11.8 Å². The fourth-order valence-electron chi connectivity index (χ4n) is 8.56. The second kappa shape index (κ2) is 19.4. The summed E-state index contributed by atoms with van der Waals surface area (Å²) in [6.45, 7) is 14.6. The molecule has 2 aromatic rings. The number of rotatable bonds is 11. The lowest BCUT2D eigenvalue weighted by Gasteiger charge is -2.43. The first-order valence-electron chi connectivity index (χ1n) is 21.1. The van der Waals surface area contributed by atoms with Crippen molar-refractivity contribution in [1.29, 1.82) is 0 Å². The van der Waals surface area contributed by atoms with Crippen molar-refractivity contribution in [3.63, 3.8) is 0 Å². The van der Waals surface area contributed by atoms with Crippen molar-refractivity contribution >= 4 is 35.7 Å². The monoisotopic (exact) mass is 818 g/mol. The molecule has 2 aromatic carbocycles. The number of nitrogens with one attached hydrogen (secondary N) is 1. The Morgan fingerprint density at radius 3 is 2.14 bits per heavy atom. The van der Waals surface area contributed by atoms with Crippen molar-refractivity contribution in [1.82, 2.24) is 24.5 Å². The third-order valence-corrected chi connectivity index (χ3v) is 12.1. The topological polar surface area (TPSA) is 161 Å². The largest absolute Gasteiger partial charge is 0.507 e. The maximum atomic E-state index is 14.2. The van der Waals surface area contributed by atoms with Gasteiger partial charge in [-0.05, 0) is 108 Å². The van der Waals surface area contributed by atoms with Gasteiger partial charge in [-0.25, -0.2) is 9.59 Å². The highest BCUT2D eigenvalue weighted by molar-refractivity contribution is 5.91. The molecule has 3 fully saturated rings. The molecule has 15 heteroatoms. The number of phenolic OH excluding ortho intramolecular Hbond substituents is 1. The van der Waals surface area contributed by atoms with E-state index in [0.29, 0.717) is 82.4 Å². The van der Waals surface area contributed by atoms with E-state index in [1.165, 1.54) is 0 Å². The van der Waals surface area contributed by atoms with E-state index in [1.54, 1.807) is 30.6 Å². The Balaban J connectivity index is 0.982. The molecule has 1 atom stereocenters. The number of nitrogens with zero attached hydrogens (tertiary/aromatic N) is 5. The molecule has 4 aliphatic rings. The third-order valence-electron chi connectivity index (χ3n) is 12.1. The number of ether oxygens (including phenoxy) is 3. The Labute approximate surface area is 347 Å². The van der Waals surface area contributed by atoms with Gasteiger partial charge in [-0.2, -0.15) is 0 Å². The summed E-state index contributed by atoms with van der Waals surface area (Å²) in [6, 6.07) is 11.7. The highest BCUT2D eigenvalue weighted by Crippen LogP contribution is 2.27. The number of para-hydroxylation sites is 1. The first-order valence-corrected chi connectivity index (χ1v) is 21.1. The SMILES string of the molecule is Cc1cc(C[C@@H](OC(=O)N2CCC(N3CCc4ccccc4NC3=O)CC2)C(=O)N2CCN(C3CCN(CCC(=O)OCOC(=O)C(C)(C)C)CC3)CC2)cc(C)c1O. The van der Waals surface area contributed by atoms with Gasteiger partial charge in [-0.3, -0.25) is 19.3 Å². The van der Waals surface area contributed by atoms with E-state index in [4.69, 9.17) is 14.2 Å². The van der Waals surface area contributed by atoms with E-state index < -0.39 is 29.6 Å². The Bertz CT molecular complexity index is 1800. The second-order valence-electron chi connectivity index (χ2n) is 17.4. The molecule has 4 heterocycles. The van der Waals surface area contributed by atoms with E-state index in [9.17, 15) is 29.1 Å². The van der Waals surface area contributed by atoms with Gasteiger partial charge in [-0.15, -0.1) is 0 Å². The minimum Gasteiger partial charge on any atom is -0.507 e. The standard InChI is InChI=1S/C44H62N6O9/c1-30-26-32(27-31(2)39(30)52)28-37(59-43(56)49-19-13-35(14-20-49)50-21-10-33-8-6-7-9-36(33)45-42(50)55)40(53)48-24-22-47(23-25-48)34-11-16-46(17-12-34)18-15-38(51)57-29-58-41(54)44(3,4)5/h6-9,26-27,34-35,37,52H,10-25,28-29H2,1-5H3,(H,45,55)/t37-/m1/s1. The number of benzene rings is 2. The molecule has 6 rings (SSSR count). The molecule has 15 nitrogen and oxygen atoms in total. The maximum absolute atomic E-state index is 14.2. The van der Waals surface area contributed by atoms with Gasteiger partial charge < -0.3 is 44.2 Å². The fraction of sp³-hybridized carbons (Fsp3) is 0.614. The van der Waals surface area contributed by atoms with Crippen LogP contribution in [0.3, 0.4) is 0 Å². The lowest BCUT2D eigenvalue weighted by Crippen LogP contribution is -2.56. The van der Waals surface area contributed by atoms with Gasteiger partial charge in [-0.1, -0.05) is 30.3 Å². The molecule has 0 spiro atoms. The van der Waals surface area contributed by atoms with Gasteiger partial charge in [0.1, 0.15) is 5.75 Å². The van der Waals surface area contributed by atoms with Gasteiger partial charge in [0, 0.05) is 76.5 Å². The molecular weight excluding hydrogens is 757 g/mol. The molecule has 2 N–H and O–H groups in total. The zero-order valence-corrected chi connectivity index (χ0v) is 35.4. The Kier molecular flexibility index (Phi) is 14.4. The van der Waals surface area contributed by atoms with Crippen molar-refractivity contribution in [2.75, 3.05) is 77.6 Å². The molecule has 59 heavy (non-hydrogen) atoms. The van der Waals surface area contributed by atoms with Crippen LogP contribution in [0, 0.1) is 19.3 Å². The second-order valence-corrected chi connectivity index (χ2v) is 17.4. The molecule has 322 valence electrons. The number of likely N-dealkylation sites (tertiary alicyclic amines) is 2. The lowest BCUT2D eigenvalue weighted by atomic mass is 9.98. The number of anilines is 1. The van der Waals surface area contributed by atoms with Crippen molar-refractivity contribution in [2.24, 2.45) is 5.41 Å². The molecule has 4 aliphatic heterocycles. The molecule has 0 saturated carbocycles. The maximum Gasteiger partial charge on any atom is 0.410 e. The van der Waals surface area contributed by atoms with E-state index >= 15 is 0 Å². The van der Waals surface area contributed by atoms with E-state index in [0.717, 1.165) is 49.2 Å². The van der Waals surface area contributed by atoms with Gasteiger partial charge in [0.15, 0.2) is 6.10 Å². The molecule has 0 aromatic heterocycles. The van der Waals surface area contributed by atoms with Crippen LogP contribution in [0.1, 0.15) is 75.1 Å². The van der Waals surface area contributed by atoms with Crippen molar-refractivity contribution in [3.05, 3.63) is 58.7 Å². The number of aryl methyl sites for hydroxylation is 2. The summed E-state index contributed by atoms with van der Waals surface area (Å²) in [5.41, 5.74) is 3.48. The lowest BCUT2D eigenvalue weighted by molar-refractivity contribution is -0.173. The van der Waals surface area contributed by atoms with E-state index in [1.807, 2.05) is 55.1 Å². The third kappa shape index (κ3) is 11.4. The number of urea groups is 1. The summed E-state index contributed by atoms with van der Waals surface area (Å²) in [5.74, 6) is -0.841. The molecule has 3 saturated heterocycles. The van der Waals surface area contributed by atoms with E-state index in [-0.39, 0.29) is 43.4 Å². The van der Waals surface area contributed by atoms with Gasteiger partial charge >= 0.3 is 24.1 Å². The number of phenols is 1. The molecule has 0 bridgehead atoms. The predicted octanol–water partition coefficient (Wildman–Crippen LogP) is 4.70. The first kappa shape index (κ1) is 43.7. The number of piperidine rings is 2. The van der Waals surface area contributed by atoms with Crippen LogP contribution < -0.4 is 5.32 Å². The van der Waals surface area contributed by atoms with Gasteiger partial charge in [0.2, 0.25) is 6.79 Å². The summed E-state index contributed by atoms with van der Waals surface area (Å²) in [7, 11) is 0. The zero-order chi connectivity index (χ0) is 42.3. The number of carbonyl (C=O) groups is 5. The number of aromatic hydroxyl groups is 1. The van der Waals surface area contributed by atoms with Crippen LogP contribution in [-0.2, 0) is 41.4 Å². The molecule has 0 aliphatic carbocycles. The van der Waals surface area contributed by atoms with Crippen LogP contribution >= 0.6 is 0 Å². The number of hydrogen-bond donors (Lipinski definition) is 2. The quantitative estimate of drug-likeness (QED) is 0.239. The zero-order valence-electron chi connectivity index (χ0n) is 35.4. The number of hydrogen-bond acceptors (Lipinski definition) is 11. The van der Waals surface area contributed by atoms with Crippen LogP contribution in [0.2, 0.25) is 0 Å². The fourth-order valence-corrected chi connectivity index (χ4v) is 8.56. The molecule has 0 unspecified atom stereocenters. The molecular formula is C44H62N6O9. The predicted molar refractivity (Wildman–Crippen MR) is 221 cm³/mol. The summed E-state index contributed by atoms with van der Waals surface area (Å²) in [5, 5.41) is 13.5. The summed E-state index contributed by atoms with van der Waals surface area (Å²) < 4.78 is 16.2. The van der Waals surface area contributed by atoms with Crippen molar-refractivity contribution in [2.45, 2.75) is 97.8 Å². The van der Waals surface area contributed by atoms with Crippen LogP contribution in [0.15, 0.2) is 36.4 Å². The number of fused-ring (bicyclic) bond motifs is 1. The van der Waals surface area contributed by atoms with Gasteiger partial charge in [0.25, 0.3) is 5.91 Å². The first-order chi connectivity index (χ1) is 28.2. The van der Waals surface area contributed by atoms with E-state index in [2.05, 4.69) is 15.1 Å². The highest BCUT2D eigenvalue weighted by Gasteiger charge is 2.37.